The average Bonchev–Trinajstić information content (AvgIpc) is 3.39. The van der Waals surface area contributed by atoms with E-state index in [9.17, 15) is 4.79 Å². The number of anilines is 1. The smallest absolute Gasteiger partial charge is 0.325 e. The van der Waals surface area contributed by atoms with Gasteiger partial charge in [-0.05, 0) is 50.6 Å². The van der Waals surface area contributed by atoms with Crippen molar-refractivity contribution in [3.05, 3.63) is 11.6 Å². The Balaban J connectivity index is 1.71. The van der Waals surface area contributed by atoms with E-state index in [1.54, 1.807) is 13.3 Å². The first-order valence-electron chi connectivity index (χ1n) is 9.11. The van der Waals surface area contributed by atoms with Crippen molar-refractivity contribution in [3.63, 3.8) is 0 Å². The van der Waals surface area contributed by atoms with E-state index >= 15 is 0 Å². The Morgan fingerprint density at radius 1 is 1.38 bits per heavy atom. The van der Waals surface area contributed by atoms with Crippen LogP contribution in [0.4, 0.5) is 5.82 Å². The highest BCUT2D eigenvalue weighted by Gasteiger charge is 2.34. The van der Waals surface area contributed by atoms with E-state index < -0.39 is 0 Å². The SMILES string of the molecule is CCOC(=O)CN(c1nc(Cl)nc2c1ncn2C1CCCCO1)C1CC1. The molecule has 4 rings (SSSR count). The van der Waals surface area contributed by atoms with Crippen LogP contribution in [0.2, 0.25) is 5.28 Å². The monoisotopic (exact) mass is 379 g/mol. The van der Waals surface area contributed by atoms with Gasteiger partial charge in [0.15, 0.2) is 17.0 Å². The summed E-state index contributed by atoms with van der Waals surface area (Å²) in [5.74, 6) is 0.308. The maximum atomic E-state index is 12.0. The number of hydrogen-bond acceptors (Lipinski definition) is 7. The summed E-state index contributed by atoms with van der Waals surface area (Å²) in [5, 5.41) is 0.138. The molecule has 9 heteroatoms. The summed E-state index contributed by atoms with van der Waals surface area (Å²) in [6.45, 7) is 3.01. The molecule has 0 aromatic carbocycles. The largest absolute Gasteiger partial charge is 0.465 e. The molecular weight excluding hydrogens is 358 g/mol. The molecule has 0 bridgehead atoms. The third kappa shape index (κ3) is 3.48. The van der Waals surface area contributed by atoms with Gasteiger partial charge in [-0.15, -0.1) is 0 Å². The molecule has 0 amide bonds. The Labute approximate surface area is 156 Å². The highest BCUT2D eigenvalue weighted by molar-refractivity contribution is 6.28. The van der Waals surface area contributed by atoms with Gasteiger partial charge in [-0.2, -0.15) is 9.97 Å². The van der Waals surface area contributed by atoms with Gasteiger partial charge >= 0.3 is 5.97 Å². The quantitative estimate of drug-likeness (QED) is 0.563. The van der Waals surface area contributed by atoms with Crippen molar-refractivity contribution in [2.24, 2.45) is 0 Å². The zero-order chi connectivity index (χ0) is 18.1. The number of nitrogens with zero attached hydrogens (tertiary/aromatic N) is 5. The lowest BCUT2D eigenvalue weighted by atomic mass is 10.2. The van der Waals surface area contributed by atoms with Gasteiger partial charge in [0.05, 0.1) is 12.9 Å². The molecule has 2 fully saturated rings. The topological polar surface area (TPSA) is 82.4 Å². The van der Waals surface area contributed by atoms with Crippen molar-refractivity contribution >= 4 is 34.6 Å². The van der Waals surface area contributed by atoms with Gasteiger partial charge in [0.25, 0.3) is 0 Å². The molecule has 1 saturated carbocycles. The van der Waals surface area contributed by atoms with Gasteiger partial charge in [0, 0.05) is 12.6 Å². The van der Waals surface area contributed by atoms with Gasteiger partial charge in [-0.3, -0.25) is 9.36 Å². The van der Waals surface area contributed by atoms with Crippen molar-refractivity contribution in [2.45, 2.75) is 51.3 Å². The van der Waals surface area contributed by atoms with Crippen molar-refractivity contribution in [3.8, 4) is 0 Å². The van der Waals surface area contributed by atoms with E-state index in [0.717, 1.165) is 38.7 Å². The number of rotatable bonds is 6. The predicted molar refractivity (Wildman–Crippen MR) is 96.2 cm³/mol. The van der Waals surface area contributed by atoms with E-state index in [1.807, 2.05) is 9.47 Å². The van der Waals surface area contributed by atoms with Crippen LogP contribution in [0.1, 0.15) is 45.3 Å². The minimum absolute atomic E-state index is 0.0907. The number of carbonyl (C=O) groups excluding carboxylic acids is 1. The van der Waals surface area contributed by atoms with Crippen molar-refractivity contribution in [1.82, 2.24) is 19.5 Å². The maximum Gasteiger partial charge on any atom is 0.325 e. The molecule has 0 N–H and O–H groups in total. The van der Waals surface area contributed by atoms with Crippen LogP contribution in [0.15, 0.2) is 6.33 Å². The van der Waals surface area contributed by atoms with Gasteiger partial charge in [0.2, 0.25) is 5.28 Å². The number of aromatic nitrogens is 4. The highest BCUT2D eigenvalue weighted by atomic mass is 35.5. The zero-order valence-corrected chi connectivity index (χ0v) is 15.5. The second-order valence-electron chi connectivity index (χ2n) is 6.63. The molecular formula is C17H22ClN5O3. The second-order valence-corrected chi connectivity index (χ2v) is 6.96. The van der Waals surface area contributed by atoms with Gasteiger partial charge in [0.1, 0.15) is 12.8 Å². The lowest BCUT2D eigenvalue weighted by molar-refractivity contribution is -0.141. The third-order valence-corrected chi connectivity index (χ3v) is 4.88. The van der Waals surface area contributed by atoms with Crippen LogP contribution < -0.4 is 4.90 Å². The predicted octanol–water partition coefficient (Wildman–Crippen LogP) is 2.71. The van der Waals surface area contributed by atoms with Crippen LogP contribution in [-0.2, 0) is 14.3 Å². The normalized spacial score (nSPS) is 20.3. The number of esters is 1. The molecule has 0 spiro atoms. The third-order valence-electron chi connectivity index (χ3n) is 4.71. The molecule has 1 saturated heterocycles. The lowest BCUT2D eigenvalue weighted by Gasteiger charge is -2.25. The summed E-state index contributed by atoms with van der Waals surface area (Å²) in [7, 11) is 0. The van der Waals surface area contributed by atoms with Crippen LogP contribution in [0.5, 0.6) is 0 Å². The Morgan fingerprint density at radius 3 is 2.92 bits per heavy atom. The van der Waals surface area contributed by atoms with Crippen molar-refractivity contribution in [2.75, 3.05) is 24.7 Å². The van der Waals surface area contributed by atoms with E-state index in [1.165, 1.54) is 0 Å². The summed E-state index contributed by atoms with van der Waals surface area (Å²) < 4.78 is 12.9. The fourth-order valence-electron chi connectivity index (χ4n) is 3.34. The Kier molecular flexibility index (Phi) is 4.95. The van der Waals surface area contributed by atoms with Crippen LogP contribution in [0.3, 0.4) is 0 Å². The van der Waals surface area contributed by atoms with E-state index in [4.69, 9.17) is 21.1 Å². The summed E-state index contributed by atoms with van der Waals surface area (Å²) in [6, 6.07) is 0.254. The first-order valence-corrected chi connectivity index (χ1v) is 9.49. The van der Waals surface area contributed by atoms with Crippen molar-refractivity contribution < 1.29 is 14.3 Å². The maximum absolute atomic E-state index is 12.0. The first-order chi connectivity index (χ1) is 12.7. The number of hydrogen-bond donors (Lipinski definition) is 0. The molecule has 1 aliphatic heterocycles. The standard InChI is InChI=1S/C17H22ClN5O3/c1-2-25-13(24)9-22(11-6-7-11)15-14-16(21-17(18)20-15)23(10-19-14)12-5-3-4-8-26-12/h10-12H,2-9H2,1H3. The summed E-state index contributed by atoms with van der Waals surface area (Å²) in [4.78, 5) is 27.3. The van der Waals surface area contributed by atoms with Gasteiger partial charge < -0.3 is 14.4 Å². The molecule has 1 aliphatic carbocycles. The second kappa shape index (κ2) is 7.36. The van der Waals surface area contributed by atoms with Crippen LogP contribution in [0, 0.1) is 0 Å². The minimum Gasteiger partial charge on any atom is -0.465 e. The van der Waals surface area contributed by atoms with Gasteiger partial charge in [-0.25, -0.2) is 4.98 Å². The number of halogens is 1. The van der Waals surface area contributed by atoms with E-state index in [0.29, 0.717) is 23.6 Å². The van der Waals surface area contributed by atoms with E-state index in [2.05, 4.69) is 15.0 Å². The van der Waals surface area contributed by atoms with Crippen LogP contribution >= 0.6 is 11.6 Å². The molecule has 140 valence electrons. The molecule has 2 aliphatic rings. The summed E-state index contributed by atoms with van der Waals surface area (Å²) in [6.07, 6.45) is 6.74. The molecule has 2 aromatic heterocycles. The molecule has 1 unspecified atom stereocenters. The fraction of sp³-hybridized carbons (Fsp3) is 0.647. The number of ether oxygens (including phenoxy) is 2. The lowest BCUT2D eigenvalue weighted by Crippen LogP contribution is -2.34. The summed E-state index contributed by atoms with van der Waals surface area (Å²) in [5.41, 5.74) is 1.28. The Hall–Kier alpha value is -1.93. The number of imidazole rings is 1. The molecule has 8 nitrogen and oxygen atoms in total. The Bertz CT molecular complexity index is 801. The zero-order valence-electron chi connectivity index (χ0n) is 14.7. The molecule has 1 atom stereocenters. The number of carbonyl (C=O) groups is 1. The molecule has 0 radical (unpaired) electrons. The highest BCUT2D eigenvalue weighted by Crippen LogP contribution is 2.35. The van der Waals surface area contributed by atoms with Crippen LogP contribution in [0.25, 0.3) is 11.2 Å². The first kappa shape index (κ1) is 17.5. The number of fused-ring (bicyclic) bond motifs is 1. The minimum atomic E-state index is -0.280. The molecule has 2 aromatic rings. The van der Waals surface area contributed by atoms with Crippen molar-refractivity contribution in [1.29, 1.82) is 0 Å². The van der Waals surface area contributed by atoms with Gasteiger partial charge in [-0.1, -0.05) is 0 Å². The fourth-order valence-corrected chi connectivity index (χ4v) is 3.50. The van der Waals surface area contributed by atoms with E-state index in [-0.39, 0.29) is 30.1 Å². The molecule has 26 heavy (non-hydrogen) atoms. The Morgan fingerprint density at radius 2 is 2.23 bits per heavy atom. The average molecular weight is 380 g/mol. The van der Waals surface area contributed by atoms with Crippen LogP contribution in [-0.4, -0.2) is 51.3 Å². The summed E-state index contributed by atoms with van der Waals surface area (Å²) >= 11 is 6.21. The molecule has 3 heterocycles.